The van der Waals surface area contributed by atoms with Gasteiger partial charge < -0.3 is 26.0 Å². The van der Waals surface area contributed by atoms with Crippen LogP contribution in [-0.2, 0) is 14.3 Å². The molecule has 2 rings (SSSR count). The van der Waals surface area contributed by atoms with Crippen molar-refractivity contribution in [2.75, 3.05) is 18.2 Å². The molecule has 0 aliphatic carbocycles. The number of anilines is 1. The molecule has 0 bridgehead atoms. The van der Waals surface area contributed by atoms with Crippen molar-refractivity contribution in [1.29, 1.82) is 0 Å². The molecule has 5 atom stereocenters. The second-order valence-electron chi connectivity index (χ2n) is 6.52. The molecular weight excluding hydrogens is 371 g/mol. The molecule has 11 heteroatoms. The highest BCUT2D eigenvalue weighted by atomic mass is 35.5. The molecule has 26 heavy (non-hydrogen) atoms. The van der Waals surface area contributed by atoms with Crippen molar-refractivity contribution >= 4 is 23.4 Å². The molecule has 1 aliphatic rings. The molecule has 1 unspecified atom stereocenters. The monoisotopic (exact) mass is 392 g/mol. The molecular formula is C15H22ClFN4O5. The van der Waals surface area contributed by atoms with Gasteiger partial charge in [-0.25, -0.2) is 9.18 Å². The van der Waals surface area contributed by atoms with E-state index in [4.69, 9.17) is 32.5 Å². The van der Waals surface area contributed by atoms with Gasteiger partial charge in [-0.2, -0.15) is 4.98 Å². The fourth-order valence-corrected chi connectivity index (χ4v) is 2.78. The average Bonchev–Trinajstić information content (AvgIpc) is 2.84. The first-order valence-electron chi connectivity index (χ1n) is 7.95. The number of ether oxygens (including phenoxy) is 2. The Morgan fingerprint density at radius 2 is 2.27 bits per heavy atom. The van der Waals surface area contributed by atoms with E-state index in [9.17, 15) is 19.1 Å². The lowest BCUT2D eigenvalue weighted by Gasteiger charge is -2.29. The summed E-state index contributed by atoms with van der Waals surface area (Å²) >= 11 is 5.87. The minimum absolute atomic E-state index is 0.0413. The Balaban J connectivity index is 2.21. The first-order chi connectivity index (χ1) is 12.1. The van der Waals surface area contributed by atoms with E-state index >= 15 is 0 Å². The molecule has 2 heterocycles. The Labute approximate surface area is 154 Å². The van der Waals surface area contributed by atoms with Gasteiger partial charge in [0.2, 0.25) is 0 Å². The number of hydrogen-bond acceptors (Lipinski definition) is 8. The van der Waals surface area contributed by atoms with Crippen LogP contribution >= 0.6 is 11.6 Å². The number of aliphatic hydroxyl groups excluding tert-OH is 1. The van der Waals surface area contributed by atoms with E-state index in [0.717, 1.165) is 4.57 Å². The summed E-state index contributed by atoms with van der Waals surface area (Å²) in [5.74, 6) is -1.33. The predicted molar refractivity (Wildman–Crippen MR) is 91.2 cm³/mol. The zero-order chi connectivity index (χ0) is 19.6. The van der Waals surface area contributed by atoms with Crippen LogP contribution in [0.3, 0.4) is 0 Å². The molecule has 146 valence electrons. The van der Waals surface area contributed by atoms with Crippen LogP contribution in [0.15, 0.2) is 17.1 Å². The Bertz CT molecular complexity index is 718. The smallest absolute Gasteiger partial charge is 0.351 e. The van der Waals surface area contributed by atoms with Crippen LogP contribution in [0.5, 0.6) is 0 Å². The molecule has 1 aliphatic heterocycles. The van der Waals surface area contributed by atoms with E-state index < -0.39 is 48.4 Å². The summed E-state index contributed by atoms with van der Waals surface area (Å²) in [4.78, 5) is 27.3. The summed E-state index contributed by atoms with van der Waals surface area (Å²) in [5.41, 5.74) is 8.51. The van der Waals surface area contributed by atoms with Gasteiger partial charge in [-0.05, 0) is 12.0 Å². The van der Waals surface area contributed by atoms with E-state index in [1.165, 1.54) is 12.3 Å². The van der Waals surface area contributed by atoms with Crippen molar-refractivity contribution in [3.8, 4) is 0 Å². The Morgan fingerprint density at radius 1 is 1.62 bits per heavy atom. The first kappa shape index (κ1) is 20.6. The molecule has 0 saturated carbocycles. The summed E-state index contributed by atoms with van der Waals surface area (Å²) in [6.45, 7) is 2.95. The number of aliphatic hydroxyl groups is 1. The maximum atomic E-state index is 14.6. The summed E-state index contributed by atoms with van der Waals surface area (Å²) in [6, 6.07) is 0.397. The van der Waals surface area contributed by atoms with Crippen LogP contribution in [0.25, 0.3) is 0 Å². The van der Waals surface area contributed by atoms with Gasteiger partial charge in [0.15, 0.2) is 12.4 Å². The lowest BCUT2D eigenvalue weighted by atomic mass is 9.98. The van der Waals surface area contributed by atoms with Crippen LogP contribution in [-0.4, -0.2) is 57.0 Å². The lowest BCUT2D eigenvalue weighted by molar-refractivity contribution is -0.164. The van der Waals surface area contributed by atoms with Gasteiger partial charge in [-0.15, -0.1) is 11.6 Å². The number of nitrogens with two attached hydrogens (primary N) is 2. The average molecular weight is 393 g/mol. The Hall–Kier alpha value is -1.75. The highest BCUT2D eigenvalue weighted by Gasteiger charge is 2.56. The fraction of sp³-hybridized carbons (Fsp3) is 0.667. The van der Waals surface area contributed by atoms with Crippen molar-refractivity contribution in [2.24, 2.45) is 11.7 Å². The third-order valence-corrected chi connectivity index (χ3v) is 4.72. The molecule has 0 spiro atoms. The van der Waals surface area contributed by atoms with Gasteiger partial charge in [-0.3, -0.25) is 9.36 Å². The molecule has 1 saturated heterocycles. The minimum Gasteiger partial charge on any atom is -0.461 e. The third-order valence-electron chi connectivity index (χ3n) is 4.27. The van der Waals surface area contributed by atoms with Crippen molar-refractivity contribution < 1.29 is 23.8 Å². The zero-order valence-corrected chi connectivity index (χ0v) is 15.1. The Kier molecular flexibility index (Phi) is 6.22. The van der Waals surface area contributed by atoms with Crippen LogP contribution < -0.4 is 17.2 Å². The fourth-order valence-electron chi connectivity index (χ4n) is 2.48. The lowest BCUT2D eigenvalue weighted by Crippen LogP contribution is -2.50. The van der Waals surface area contributed by atoms with E-state index in [2.05, 4.69) is 4.98 Å². The molecule has 1 aromatic rings. The summed E-state index contributed by atoms with van der Waals surface area (Å²) in [7, 11) is 0. The van der Waals surface area contributed by atoms with E-state index in [1.54, 1.807) is 13.8 Å². The zero-order valence-electron chi connectivity index (χ0n) is 14.3. The van der Waals surface area contributed by atoms with Gasteiger partial charge in [-0.1, -0.05) is 13.8 Å². The number of aromatic nitrogens is 2. The number of rotatable bonds is 6. The number of halogens is 2. The molecule has 0 radical (unpaired) electrons. The third kappa shape index (κ3) is 3.83. The van der Waals surface area contributed by atoms with Crippen molar-refractivity contribution in [3.63, 3.8) is 0 Å². The number of nitrogen functional groups attached to an aromatic ring is 1. The number of carbonyl (C=O) groups excluding carboxylic acids is 1. The number of carbonyl (C=O) groups is 1. The van der Waals surface area contributed by atoms with Crippen molar-refractivity contribution in [3.05, 3.63) is 22.7 Å². The predicted octanol–water partition coefficient (Wildman–Crippen LogP) is -0.443. The number of nitrogens with zero attached hydrogens (tertiary/aromatic N) is 2. The van der Waals surface area contributed by atoms with Crippen LogP contribution in [0.1, 0.15) is 20.1 Å². The number of hydrogen-bond donors (Lipinski definition) is 3. The van der Waals surface area contributed by atoms with Crippen LogP contribution in [0.4, 0.5) is 10.2 Å². The normalized spacial score (nSPS) is 29.7. The second kappa shape index (κ2) is 7.87. The molecule has 1 aromatic heterocycles. The van der Waals surface area contributed by atoms with Crippen molar-refractivity contribution in [2.45, 2.75) is 44.0 Å². The maximum Gasteiger partial charge on any atom is 0.351 e. The number of alkyl halides is 2. The topological polar surface area (TPSA) is 143 Å². The van der Waals surface area contributed by atoms with Gasteiger partial charge in [0.05, 0.1) is 5.88 Å². The summed E-state index contributed by atoms with van der Waals surface area (Å²) in [6.07, 6.45) is -4.05. The number of esters is 1. The molecule has 5 N–H and O–H groups in total. The molecule has 0 aromatic carbocycles. The second-order valence-corrected chi connectivity index (χ2v) is 6.78. The molecule has 9 nitrogen and oxygen atoms in total. The highest BCUT2D eigenvalue weighted by Crippen LogP contribution is 2.39. The highest BCUT2D eigenvalue weighted by molar-refractivity contribution is 6.18. The van der Waals surface area contributed by atoms with E-state index in [-0.39, 0.29) is 17.6 Å². The van der Waals surface area contributed by atoms with Crippen LogP contribution in [0, 0.1) is 5.92 Å². The van der Waals surface area contributed by atoms with E-state index in [1.807, 2.05) is 0 Å². The van der Waals surface area contributed by atoms with Gasteiger partial charge >= 0.3 is 11.7 Å². The van der Waals surface area contributed by atoms with Crippen LogP contribution in [0.2, 0.25) is 0 Å². The minimum atomic E-state index is -2.01. The quantitative estimate of drug-likeness (QED) is 0.436. The molecule has 1 fully saturated rings. The largest absolute Gasteiger partial charge is 0.461 e. The van der Waals surface area contributed by atoms with Gasteiger partial charge in [0.1, 0.15) is 30.2 Å². The first-order valence-corrected chi connectivity index (χ1v) is 8.49. The standard InChI is InChI=1S/C15H22ClFN4O5/c1-7(2)10(19)13(23)25-6-15(5-16)11(22)9(17)12(26-15)21-4-3-8(18)20-14(21)24/h3-4,7,9-12,22H,5-6,19H2,1-2H3,(H2,18,20,24)/t9-,10?,11+,12-,15-/m1/s1. The van der Waals surface area contributed by atoms with Gasteiger partial charge in [0.25, 0.3) is 0 Å². The summed E-state index contributed by atoms with van der Waals surface area (Å²) < 4.78 is 26.1. The Morgan fingerprint density at radius 3 is 2.81 bits per heavy atom. The van der Waals surface area contributed by atoms with Gasteiger partial charge in [0, 0.05) is 6.20 Å². The SMILES string of the molecule is CC(C)C(N)C(=O)OC[C@@]1(CCl)O[C@@H](n2ccc(N)nc2=O)[C@H](F)[C@@H]1O. The van der Waals surface area contributed by atoms with E-state index in [0.29, 0.717) is 0 Å². The van der Waals surface area contributed by atoms with Crippen molar-refractivity contribution in [1.82, 2.24) is 9.55 Å². The molecule has 0 amide bonds. The maximum absolute atomic E-state index is 14.6. The summed E-state index contributed by atoms with van der Waals surface area (Å²) in [5, 5.41) is 10.3.